The van der Waals surface area contributed by atoms with Crippen molar-refractivity contribution in [2.45, 2.75) is 33.0 Å². The maximum atomic E-state index is 13.5. The van der Waals surface area contributed by atoms with Crippen molar-refractivity contribution in [1.29, 1.82) is 0 Å². The van der Waals surface area contributed by atoms with E-state index < -0.39 is 0 Å². The monoisotopic (exact) mass is 429 g/mol. The summed E-state index contributed by atoms with van der Waals surface area (Å²) in [5.74, 6) is 0.239. The molecule has 1 aliphatic heterocycles. The number of nitrogens with zero attached hydrogens (tertiary/aromatic N) is 5. The predicted octanol–water partition coefficient (Wildman–Crippen LogP) is 3.21. The summed E-state index contributed by atoms with van der Waals surface area (Å²) in [4.78, 5) is 18.5. The van der Waals surface area contributed by atoms with Crippen LogP contribution in [0.3, 0.4) is 0 Å². The van der Waals surface area contributed by atoms with Crippen molar-refractivity contribution in [3.63, 3.8) is 0 Å². The van der Waals surface area contributed by atoms with E-state index in [-0.39, 0.29) is 17.8 Å². The van der Waals surface area contributed by atoms with Crippen molar-refractivity contribution in [1.82, 2.24) is 20.0 Å². The number of hydrogen-bond donors (Lipinski definition) is 2. The molecule has 4 rings (SSSR count). The van der Waals surface area contributed by atoms with Crippen molar-refractivity contribution < 1.29 is 9.18 Å². The number of benzene rings is 1. The average Bonchev–Trinajstić information content (AvgIpc) is 3.12. The summed E-state index contributed by atoms with van der Waals surface area (Å²) >= 11 is 5.90. The Bertz CT molecular complexity index is 1100. The lowest BCUT2D eigenvalue weighted by atomic mass is 10.1. The van der Waals surface area contributed by atoms with Crippen LogP contribution in [0.25, 0.3) is 0 Å². The van der Waals surface area contributed by atoms with Crippen LogP contribution in [0.1, 0.15) is 23.9 Å². The molecule has 8 nitrogen and oxygen atoms in total. The van der Waals surface area contributed by atoms with Crippen LogP contribution in [0.2, 0.25) is 5.02 Å². The number of likely N-dealkylation sites (N-methyl/N-ethyl adjacent to an activating group) is 1. The number of anilines is 3. The van der Waals surface area contributed by atoms with E-state index in [2.05, 4.69) is 25.9 Å². The molecule has 1 atom stereocenters. The second kappa shape index (κ2) is 7.91. The van der Waals surface area contributed by atoms with Crippen molar-refractivity contribution in [2.75, 3.05) is 22.6 Å². The largest absolute Gasteiger partial charge is 0.364 e. The number of carbonyl (C=O) groups excluding carboxylic acids is 1. The van der Waals surface area contributed by atoms with Gasteiger partial charge >= 0.3 is 0 Å². The molecule has 3 heterocycles. The van der Waals surface area contributed by atoms with E-state index >= 15 is 0 Å². The maximum absolute atomic E-state index is 13.5. The molecule has 0 aliphatic carbocycles. The minimum Gasteiger partial charge on any atom is -0.364 e. The number of pyridine rings is 1. The van der Waals surface area contributed by atoms with Gasteiger partial charge in [0.2, 0.25) is 5.91 Å². The molecule has 30 heavy (non-hydrogen) atoms. The fourth-order valence-corrected chi connectivity index (χ4v) is 3.60. The Kier molecular flexibility index (Phi) is 5.29. The topological polar surface area (TPSA) is 88.0 Å². The highest BCUT2D eigenvalue weighted by molar-refractivity contribution is 6.30. The Morgan fingerprint density at radius 1 is 1.30 bits per heavy atom. The van der Waals surface area contributed by atoms with Gasteiger partial charge in [-0.15, -0.1) is 5.10 Å². The smallest absolute Gasteiger partial charge is 0.246 e. The normalized spacial score (nSPS) is 15.7. The number of hydrogen-bond acceptors (Lipinski definition) is 6. The molecule has 1 aliphatic rings. The van der Waals surface area contributed by atoms with Gasteiger partial charge in [-0.1, -0.05) is 16.8 Å². The Balaban J connectivity index is 1.46. The molecule has 3 aromatic rings. The van der Waals surface area contributed by atoms with E-state index in [0.717, 1.165) is 17.1 Å². The van der Waals surface area contributed by atoms with E-state index in [4.69, 9.17) is 11.6 Å². The van der Waals surface area contributed by atoms with Crippen LogP contribution >= 0.6 is 11.6 Å². The number of nitrogens with one attached hydrogen (secondary N) is 2. The number of aryl methyl sites for hydroxylation is 1. The lowest BCUT2D eigenvalue weighted by Gasteiger charge is -2.34. The van der Waals surface area contributed by atoms with Crippen LogP contribution < -0.4 is 15.5 Å². The molecule has 0 spiro atoms. The first-order chi connectivity index (χ1) is 14.3. The van der Waals surface area contributed by atoms with Gasteiger partial charge in [0.15, 0.2) is 0 Å². The van der Waals surface area contributed by atoms with Gasteiger partial charge in [-0.05, 0) is 37.6 Å². The zero-order chi connectivity index (χ0) is 21.4. The molecule has 156 valence electrons. The molecule has 0 radical (unpaired) electrons. The number of rotatable bonds is 5. The third-order valence-electron chi connectivity index (χ3n) is 5.07. The summed E-state index contributed by atoms with van der Waals surface area (Å²) in [5, 5.41) is 14.7. The summed E-state index contributed by atoms with van der Waals surface area (Å²) < 4.78 is 15.1. The second-order valence-electron chi connectivity index (χ2n) is 7.30. The molecule has 2 N–H and O–H groups in total. The SMILES string of the molecule is Cc1nc(NCc2cn(Cc3cc(F)cc(Cl)c3)nn2)cc2c1NC(=O)[C@H](C)N2C. The maximum Gasteiger partial charge on any atom is 0.246 e. The van der Waals surface area contributed by atoms with Crippen LogP contribution in [0.4, 0.5) is 21.6 Å². The molecule has 1 amide bonds. The summed E-state index contributed by atoms with van der Waals surface area (Å²) in [5.41, 5.74) is 3.78. The number of halogens is 2. The van der Waals surface area contributed by atoms with Crippen molar-refractivity contribution >= 4 is 34.7 Å². The number of carbonyl (C=O) groups is 1. The van der Waals surface area contributed by atoms with E-state index in [9.17, 15) is 9.18 Å². The van der Waals surface area contributed by atoms with Crippen LogP contribution in [-0.4, -0.2) is 39.0 Å². The van der Waals surface area contributed by atoms with Gasteiger partial charge in [-0.2, -0.15) is 0 Å². The minimum absolute atomic E-state index is 0.0493. The Hall–Kier alpha value is -3.20. The van der Waals surface area contributed by atoms with E-state index in [1.54, 1.807) is 16.9 Å². The molecule has 0 fully saturated rings. The Morgan fingerprint density at radius 2 is 2.10 bits per heavy atom. The van der Waals surface area contributed by atoms with Gasteiger partial charge in [0.05, 0.1) is 36.4 Å². The first-order valence-corrected chi connectivity index (χ1v) is 9.81. The van der Waals surface area contributed by atoms with Crippen molar-refractivity contribution in [3.05, 3.63) is 58.3 Å². The van der Waals surface area contributed by atoms with Gasteiger partial charge in [-0.25, -0.2) is 14.1 Å². The summed E-state index contributed by atoms with van der Waals surface area (Å²) in [6.45, 7) is 4.49. The van der Waals surface area contributed by atoms with Crippen LogP contribution in [0, 0.1) is 12.7 Å². The number of fused-ring (bicyclic) bond motifs is 1. The summed E-state index contributed by atoms with van der Waals surface area (Å²) in [6.07, 6.45) is 1.78. The Labute approximate surface area is 178 Å². The molecule has 1 aromatic carbocycles. The quantitative estimate of drug-likeness (QED) is 0.647. The van der Waals surface area contributed by atoms with Gasteiger partial charge in [-0.3, -0.25) is 4.79 Å². The molecule has 10 heteroatoms. The van der Waals surface area contributed by atoms with E-state index in [1.165, 1.54) is 12.1 Å². The lowest BCUT2D eigenvalue weighted by Crippen LogP contribution is -2.44. The van der Waals surface area contributed by atoms with E-state index in [0.29, 0.717) is 35.2 Å². The van der Waals surface area contributed by atoms with E-state index in [1.807, 2.05) is 31.9 Å². The highest BCUT2D eigenvalue weighted by Gasteiger charge is 2.28. The van der Waals surface area contributed by atoms with Crippen molar-refractivity contribution in [3.8, 4) is 0 Å². The van der Waals surface area contributed by atoms with Gasteiger partial charge in [0.1, 0.15) is 23.4 Å². The Morgan fingerprint density at radius 3 is 2.87 bits per heavy atom. The highest BCUT2D eigenvalue weighted by Crippen LogP contribution is 2.34. The average molecular weight is 430 g/mol. The molecule has 0 saturated carbocycles. The van der Waals surface area contributed by atoms with Crippen LogP contribution in [0.15, 0.2) is 30.5 Å². The summed E-state index contributed by atoms with van der Waals surface area (Å²) in [6, 6.07) is 6.02. The second-order valence-corrected chi connectivity index (χ2v) is 7.74. The number of aromatic nitrogens is 4. The fourth-order valence-electron chi connectivity index (χ4n) is 3.36. The van der Waals surface area contributed by atoms with Crippen LogP contribution in [0.5, 0.6) is 0 Å². The first-order valence-electron chi connectivity index (χ1n) is 9.43. The van der Waals surface area contributed by atoms with Crippen molar-refractivity contribution in [2.24, 2.45) is 0 Å². The predicted molar refractivity (Wildman–Crippen MR) is 113 cm³/mol. The molecule has 0 bridgehead atoms. The summed E-state index contributed by atoms with van der Waals surface area (Å²) in [7, 11) is 1.88. The van der Waals surface area contributed by atoms with Gasteiger partial charge in [0.25, 0.3) is 0 Å². The standard InChI is InChI=1S/C20H21ClFN7O/c1-11-19-17(28(3)12(2)20(30)25-19)7-18(24-11)23-8-16-10-29(27-26-16)9-13-4-14(21)6-15(22)5-13/h4-7,10,12H,8-9H2,1-3H3,(H,23,24)(H,25,30)/t12-/m0/s1. The van der Waals surface area contributed by atoms with Crippen LogP contribution in [-0.2, 0) is 17.9 Å². The minimum atomic E-state index is -0.385. The third-order valence-corrected chi connectivity index (χ3v) is 5.29. The fraction of sp³-hybridized carbons (Fsp3) is 0.300. The number of amides is 1. The molecule has 0 saturated heterocycles. The lowest BCUT2D eigenvalue weighted by molar-refractivity contribution is -0.117. The highest BCUT2D eigenvalue weighted by atomic mass is 35.5. The van der Waals surface area contributed by atoms with Gasteiger partial charge < -0.3 is 15.5 Å². The zero-order valence-electron chi connectivity index (χ0n) is 16.8. The molecule has 2 aromatic heterocycles. The third kappa shape index (κ3) is 4.06. The molecular weight excluding hydrogens is 409 g/mol. The first kappa shape index (κ1) is 20.1. The van der Waals surface area contributed by atoms with Gasteiger partial charge in [0, 0.05) is 18.1 Å². The zero-order valence-corrected chi connectivity index (χ0v) is 17.5. The molecular formula is C20H21ClFN7O. The molecule has 0 unspecified atom stereocenters.